The molecular weight excluding hydrogens is 392 g/mol. The van der Waals surface area contributed by atoms with Gasteiger partial charge in [0.15, 0.2) is 5.17 Å². The molecule has 1 aliphatic carbocycles. The minimum atomic E-state index is -1.03. The number of nitrogens with one attached hydrogen (secondary N) is 2. The standard InChI is InChI=1S/C20H24N4O4S/c1-12(13-5-3-2-4-6-13)23-24-20-22-18(26)16(29-20)11-17(25)21-15-9-7-14(8-10-15)19(27)28/h7-10,13,16H,2-6,11H2,1H3,(H,21,25)(H,27,28)(H,22,24,26)/b23-12-/t16-/m0/s1. The van der Waals surface area contributed by atoms with Crippen molar-refractivity contribution in [3.05, 3.63) is 29.8 Å². The zero-order valence-corrected chi connectivity index (χ0v) is 17.0. The third kappa shape index (κ3) is 5.90. The van der Waals surface area contributed by atoms with Crippen LogP contribution >= 0.6 is 11.8 Å². The Kier molecular flexibility index (Phi) is 7.03. The van der Waals surface area contributed by atoms with Gasteiger partial charge in [-0.2, -0.15) is 5.10 Å². The fourth-order valence-corrected chi connectivity index (χ4v) is 4.31. The summed E-state index contributed by atoms with van der Waals surface area (Å²) in [5, 5.41) is 22.5. The summed E-state index contributed by atoms with van der Waals surface area (Å²) in [5.74, 6) is -1.17. The number of carboxylic acid groups (broad SMARTS) is 1. The van der Waals surface area contributed by atoms with E-state index in [0.29, 0.717) is 16.8 Å². The number of aromatic carboxylic acids is 1. The van der Waals surface area contributed by atoms with E-state index in [1.54, 1.807) is 0 Å². The van der Waals surface area contributed by atoms with Crippen molar-refractivity contribution in [3.63, 3.8) is 0 Å². The fourth-order valence-electron chi connectivity index (χ4n) is 3.39. The van der Waals surface area contributed by atoms with Crippen molar-refractivity contribution in [1.82, 2.24) is 5.32 Å². The summed E-state index contributed by atoms with van der Waals surface area (Å²) in [7, 11) is 0. The van der Waals surface area contributed by atoms with Crippen LogP contribution in [0.25, 0.3) is 0 Å². The summed E-state index contributed by atoms with van der Waals surface area (Å²) in [5.41, 5.74) is 1.60. The number of amidine groups is 1. The molecule has 154 valence electrons. The maximum absolute atomic E-state index is 12.2. The van der Waals surface area contributed by atoms with Gasteiger partial charge >= 0.3 is 5.97 Å². The van der Waals surface area contributed by atoms with Crippen LogP contribution in [0.5, 0.6) is 0 Å². The van der Waals surface area contributed by atoms with Crippen LogP contribution in [0, 0.1) is 5.92 Å². The van der Waals surface area contributed by atoms with E-state index >= 15 is 0 Å². The van der Waals surface area contributed by atoms with Gasteiger partial charge in [-0.05, 0) is 49.9 Å². The molecule has 8 nitrogen and oxygen atoms in total. The molecule has 9 heteroatoms. The zero-order chi connectivity index (χ0) is 20.8. The van der Waals surface area contributed by atoms with Gasteiger partial charge < -0.3 is 15.7 Å². The first-order valence-electron chi connectivity index (χ1n) is 9.65. The highest BCUT2D eigenvalue weighted by Gasteiger charge is 2.32. The number of hydrogen-bond acceptors (Lipinski definition) is 6. The summed E-state index contributed by atoms with van der Waals surface area (Å²) >= 11 is 1.20. The van der Waals surface area contributed by atoms with Gasteiger partial charge in [-0.3, -0.25) is 9.59 Å². The van der Waals surface area contributed by atoms with E-state index in [-0.39, 0.29) is 23.8 Å². The molecule has 1 aromatic rings. The molecule has 2 fully saturated rings. The lowest BCUT2D eigenvalue weighted by atomic mass is 9.86. The molecule has 0 unspecified atom stereocenters. The molecular formula is C20H24N4O4S. The summed E-state index contributed by atoms with van der Waals surface area (Å²) in [4.78, 5) is 35.2. The lowest BCUT2D eigenvalue weighted by molar-refractivity contribution is -0.122. The van der Waals surface area contributed by atoms with Crippen molar-refractivity contribution in [2.75, 3.05) is 5.32 Å². The summed E-state index contributed by atoms with van der Waals surface area (Å²) < 4.78 is 0. The Labute approximate surface area is 173 Å². The molecule has 1 aromatic carbocycles. The summed E-state index contributed by atoms with van der Waals surface area (Å²) in [6.07, 6.45) is 5.97. The number of nitrogens with zero attached hydrogens (tertiary/aromatic N) is 2. The summed E-state index contributed by atoms with van der Waals surface area (Å²) in [6.45, 7) is 1.97. The second kappa shape index (κ2) is 9.69. The van der Waals surface area contributed by atoms with Crippen molar-refractivity contribution < 1.29 is 19.5 Å². The van der Waals surface area contributed by atoms with Crippen LogP contribution in [0.2, 0.25) is 0 Å². The highest BCUT2D eigenvalue weighted by molar-refractivity contribution is 8.15. The normalized spacial score (nSPS) is 21.8. The van der Waals surface area contributed by atoms with E-state index in [4.69, 9.17) is 5.11 Å². The molecule has 1 heterocycles. The van der Waals surface area contributed by atoms with Gasteiger partial charge in [0.1, 0.15) is 5.25 Å². The minimum absolute atomic E-state index is 0.0124. The number of anilines is 1. The van der Waals surface area contributed by atoms with E-state index in [1.165, 1.54) is 55.3 Å². The Morgan fingerprint density at radius 2 is 1.90 bits per heavy atom. The first-order chi connectivity index (χ1) is 13.9. The quantitative estimate of drug-likeness (QED) is 0.486. The molecule has 1 atom stereocenters. The smallest absolute Gasteiger partial charge is 0.335 e. The van der Waals surface area contributed by atoms with Gasteiger partial charge in [0.25, 0.3) is 0 Å². The SMILES string of the molecule is C/C(=N/N=C1\NC(=O)[C@H](CC(=O)Nc2ccc(C(=O)O)cc2)S1)C1CCCCC1. The van der Waals surface area contributed by atoms with Crippen LogP contribution in [0.4, 0.5) is 5.69 Å². The monoisotopic (exact) mass is 416 g/mol. The second-order valence-corrected chi connectivity index (χ2v) is 8.40. The third-order valence-corrected chi connectivity index (χ3v) is 6.13. The van der Waals surface area contributed by atoms with Crippen molar-refractivity contribution >= 4 is 46.1 Å². The van der Waals surface area contributed by atoms with Gasteiger partial charge in [0.2, 0.25) is 11.8 Å². The molecule has 1 saturated heterocycles. The highest BCUT2D eigenvalue weighted by Crippen LogP contribution is 2.26. The Balaban J connectivity index is 1.53. The van der Waals surface area contributed by atoms with Crippen LogP contribution in [-0.2, 0) is 9.59 Å². The predicted octanol–water partition coefficient (Wildman–Crippen LogP) is 3.26. The van der Waals surface area contributed by atoms with E-state index < -0.39 is 11.2 Å². The van der Waals surface area contributed by atoms with E-state index in [1.807, 2.05) is 6.92 Å². The number of carbonyl (C=O) groups excluding carboxylic acids is 2. The number of hydrogen-bond donors (Lipinski definition) is 3. The molecule has 0 radical (unpaired) electrons. The van der Waals surface area contributed by atoms with Crippen molar-refractivity contribution in [2.45, 2.75) is 50.7 Å². The average molecular weight is 417 g/mol. The van der Waals surface area contributed by atoms with Crippen molar-refractivity contribution in [3.8, 4) is 0 Å². The van der Waals surface area contributed by atoms with Crippen LogP contribution in [0.1, 0.15) is 55.8 Å². The maximum Gasteiger partial charge on any atom is 0.335 e. The van der Waals surface area contributed by atoms with Crippen LogP contribution in [-0.4, -0.2) is 39.0 Å². The summed E-state index contributed by atoms with van der Waals surface area (Å²) in [6, 6.07) is 5.84. The molecule has 0 spiro atoms. The predicted molar refractivity (Wildman–Crippen MR) is 113 cm³/mol. The molecule has 1 saturated carbocycles. The second-order valence-electron chi connectivity index (χ2n) is 7.21. The lowest BCUT2D eigenvalue weighted by Gasteiger charge is -2.20. The number of amides is 2. The van der Waals surface area contributed by atoms with Gasteiger partial charge in [0, 0.05) is 17.8 Å². The fraction of sp³-hybridized carbons (Fsp3) is 0.450. The topological polar surface area (TPSA) is 120 Å². The van der Waals surface area contributed by atoms with Gasteiger partial charge in [-0.25, -0.2) is 4.79 Å². The third-order valence-electron chi connectivity index (χ3n) is 5.06. The average Bonchev–Trinajstić information content (AvgIpc) is 3.06. The number of thioether (sulfide) groups is 1. The van der Waals surface area contributed by atoms with Crippen LogP contribution < -0.4 is 10.6 Å². The maximum atomic E-state index is 12.2. The number of carboxylic acids is 1. The van der Waals surface area contributed by atoms with Gasteiger partial charge in [0.05, 0.1) is 5.56 Å². The first kappa shape index (κ1) is 21.0. The first-order valence-corrected chi connectivity index (χ1v) is 10.5. The molecule has 0 aromatic heterocycles. The highest BCUT2D eigenvalue weighted by atomic mass is 32.2. The number of carbonyl (C=O) groups is 3. The van der Waals surface area contributed by atoms with Crippen LogP contribution in [0.15, 0.2) is 34.5 Å². The van der Waals surface area contributed by atoms with Crippen LogP contribution in [0.3, 0.4) is 0 Å². The number of benzene rings is 1. The molecule has 2 amide bonds. The number of rotatable bonds is 6. The van der Waals surface area contributed by atoms with Crippen molar-refractivity contribution in [1.29, 1.82) is 0 Å². The van der Waals surface area contributed by atoms with E-state index in [9.17, 15) is 14.4 Å². The molecule has 0 bridgehead atoms. The van der Waals surface area contributed by atoms with Gasteiger partial charge in [-0.15, -0.1) is 5.10 Å². The Morgan fingerprint density at radius 1 is 1.21 bits per heavy atom. The molecule has 3 rings (SSSR count). The van der Waals surface area contributed by atoms with E-state index in [0.717, 1.165) is 18.6 Å². The Morgan fingerprint density at radius 3 is 2.55 bits per heavy atom. The minimum Gasteiger partial charge on any atom is -0.478 e. The lowest BCUT2D eigenvalue weighted by Crippen LogP contribution is -2.28. The molecule has 2 aliphatic rings. The van der Waals surface area contributed by atoms with E-state index in [2.05, 4.69) is 20.8 Å². The Hall–Kier alpha value is -2.68. The molecule has 3 N–H and O–H groups in total. The van der Waals surface area contributed by atoms with Crippen molar-refractivity contribution in [2.24, 2.45) is 16.1 Å². The molecule has 29 heavy (non-hydrogen) atoms. The zero-order valence-electron chi connectivity index (χ0n) is 16.2. The molecule has 1 aliphatic heterocycles. The van der Waals surface area contributed by atoms with Gasteiger partial charge in [-0.1, -0.05) is 31.0 Å². The largest absolute Gasteiger partial charge is 0.478 e. The Bertz CT molecular complexity index is 845.